The molecule has 24 heavy (non-hydrogen) atoms. The third kappa shape index (κ3) is 3.62. The van der Waals surface area contributed by atoms with Crippen LogP contribution in [0.4, 0.5) is 0 Å². The molecule has 3 rings (SSSR count). The lowest BCUT2D eigenvalue weighted by molar-refractivity contribution is -0.133. The number of sulfonamides is 1. The molecule has 1 N–H and O–H groups in total. The Kier molecular flexibility index (Phi) is 4.93. The van der Waals surface area contributed by atoms with Gasteiger partial charge in [-0.3, -0.25) is 9.48 Å². The predicted molar refractivity (Wildman–Crippen MR) is 86.7 cm³/mol. The molecule has 0 radical (unpaired) electrons. The van der Waals surface area contributed by atoms with Crippen LogP contribution in [-0.4, -0.2) is 60.8 Å². The summed E-state index contributed by atoms with van der Waals surface area (Å²) >= 11 is 0. The van der Waals surface area contributed by atoms with Gasteiger partial charge in [-0.2, -0.15) is 9.40 Å². The number of methoxy groups -OCH3 is 1. The van der Waals surface area contributed by atoms with E-state index in [9.17, 15) is 13.2 Å². The Bertz CT molecular complexity index is 690. The summed E-state index contributed by atoms with van der Waals surface area (Å²) < 4.78 is 33.3. The topological polar surface area (TPSA) is 93.5 Å². The van der Waals surface area contributed by atoms with Gasteiger partial charge in [-0.1, -0.05) is 0 Å². The van der Waals surface area contributed by atoms with Gasteiger partial charge < -0.3 is 10.1 Å². The number of carbonyl (C=O) groups is 1. The minimum atomic E-state index is -3.50. The summed E-state index contributed by atoms with van der Waals surface area (Å²) in [4.78, 5) is 12.5. The molecule has 1 saturated heterocycles. The number of hydrogen-bond donors (Lipinski definition) is 1. The normalized spacial score (nSPS) is 21.6. The van der Waals surface area contributed by atoms with Crippen LogP contribution < -0.4 is 5.32 Å². The van der Waals surface area contributed by atoms with E-state index in [1.807, 2.05) is 0 Å². The Labute approximate surface area is 142 Å². The lowest BCUT2D eigenvalue weighted by atomic mass is 10.1. The van der Waals surface area contributed by atoms with Crippen LogP contribution in [0.15, 0.2) is 17.3 Å². The molecule has 2 heterocycles. The van der Waals surface area contributed by atoms with Crippen LogP contribution in [0.5, 0.6) is 0 Å². The molecule has 1 aromatic heterocycles. The van der Waals surface area contributed by atoms with Crippen LogP contribution in [0, 0.1) is 5.92 Å². The number of rotatable bonds is 6. The Morgan fingerprint density at radius 2 is 2.00 bits per heavy atom. The summed E-state index contributed by atoms with van der Waals surface area (Å²) in [7, 11) is -0.256. The van der Waals surface area contributed by atoms with Gasteiger partial charge in [0.1, 0.15) is 11.0 Å². The first-order valence-electron chi connectivity index (χ1n) is 8.24. The molecular weight excluding hydrogens is 332 g/mol. The lowest BCUT2D eigenvalue weighted by Gasteiger charge is -2.32. The summed E-state index contributed by atoms with van der Waals surface area (Å²) in [5.41, 5.74) is 0. The van der Waals surface area contributed by atoms with Gasteiger partial charge in [-0.05, 0) is 31.6 Å². The molecule has 1 amide bonds. The SMILES string of the molecule is COC(C(=O)NC1CCN(S(=O)(=O)c2cnn(C)c2)CC1)C1CC1. The first-order valence-corrected chi connectivity index (χ1v) is 9.68. The van der Waals surface area contributed by atoms with Crippen molar-refractivity contribution in [2.45, 2.75) is 42.7 Å². The molecule has 9 heteroatoms. The highest BCUT2D eigenvalue weighted by molar-refractivity contribution is 7.89. The fourth-order valence-electron chi connectivity index (χ4n) is 3.12. The molecule has 8 nitrogen and oxygen atoms in total. The summed E-state index contributed by atoms with van der Waals surface area (Å²) in [6.07, 6.45) is 5.77. The smallest absolute Gasteiger partial charge is 0.249 e. The number of hydrogen-bond acceptors (Lipinski definition) is 5. The van der Waals surface area contributed by atoms with Crippen molar-refractivity contribution in [1.29, 1.82) is 0 Å². The summed E-state index contributed by atoms with van der Waals surface area (Å²) in [5.74, 6) is 0.259. The zero-order valence-electron chi connectivity index (χ0n) is 14.0. The molecular formula is C15H24N4O4S. The molecule has 2 fully saturated rings. The van der Waals surface area contributed by atoms with Crippen molar-refractivity contribution in [3.63, 3.8) is 0 Å². The monoisotopic (exact) mass is 356 g/mol. The number of aromatic nitrogens is 2. The van der Waals surface area contributed by atoms with Gasteiger partial charge in [0.05, 0.1) is 6.20 Å². The van der Waals surface area contributed by atoms with Crippen molar-refractivity contribution in [2.75, 3.05) is 20.2 Å². The van der Waals surface area contributed by atoms with E-state index in [0.717, 1.165) is 12.8 Å². The molecule has 2 aliphatic rings. The third-order valence-electron chi connectivity index (χ3n) is 4.68. The number of ether oxygens (including phenoxy) is 1. The van der Waals surface area contributed by atoms with Crippen LogP contribution >= 0.6 is 0 Å². The van der Waals surface area contributed by atoms with E-state index < -0.39 is 10.0 Å². The number of aryl methyl sites for hydroxylation is 1. The van der Waals surface area contributed by atoms with Gasteiger partial charge in [0.15, 0.2) is 0 Å². The molecule has 0 bridgehead atoms. The Balaban J connectivity index is 1.55. The average Bonchev–Trinajstić information content (AvgIpc) is 3.28. The summed E-state index contributed by atoms with van der Waals surface area (Å²) in [6, 6.07) is -0.00533. The van der Waals surface area contributed by atoms with Crippen LogP contribution in [0.25, 0.3) is 0 Å². The zero-order chi connectivity index (χ0) is 17.3. The maximum Gasteiger partial charge on any atom is 0.249 e. The zero-order valence-corrected chi connectivity index (χ0v) is 14.8. The maximum absolute atomic E-state index is 12.5. The van der Waals surface area contributed by atoms with Crippen molar-refractivity contribution < 1.29 is 17.9 Å². The van der Waals surface area contributed by atoms with Gasteiger partial charge in [0.2, 0.25) is 15.9 Å². The minimum absolute atomic E-state index is 0.00533. The maximum atomic E-state index is 12.5. The van der Waals surface area contributed by atoms with Crippen molar-refractivity contribution in [1.82, 2.24) is 19.4 Å². The van der Waals surface area contributed by atoms with Crippen LogP contribution in [0.2, 0.25) is 0 Å². The van der Waals surface area contributed by atoms with E-state index >= 15 is 0 Å². The molecule has 1 atom stereocenters. The molecule has 1 aliphatic carbocycles. The van der Waals surface area contributed by atoms with Crippen molar-refractivity contribution >= 4 is 15.9 Å². The van der Waals surface area contributed by atoms with E-state index in [1.54, 1.807) is 14.2 Å². The van der Waals surface area contributed by atoms with Gasteiger partial charge in [-0.25, -0.2) is 8.42 Å². The summed E-state index contributed by atoms with van der Waals surface area (Å²) in [6.45, 7) is 0.784. The third-order valence-corrected chi connectivity index (χ3v) is 6.53. The molecule has 134 valence electrons. The highest BCUT2D eigenvalue weighted by Crippen LogP contribution is 2.34. The minimum Gasteiger partial charge on any atom is -0.371 e. The van der Waals surface area contributed by atoms with Crippen molar-refractivity contribution in [2.24, 2.45) is 13.0 Å². The Morgan fingerprint density at radius 1 is 1.33 bits per heavy atom. The van der Waals surface area contributed by atoms with Crippen LogP contribution in [0.1, 0.15) is 25.7 Å². The average molecular weight is 356 g/mol. The standard InChI is InChI=1S/C15H24N4O4S/c1-18-10-13(9-16-18)24(21,22)19-7-5-12(6-8-19)17-15(20)14(23-2)11-3-4-11/h9-12,14H,3-8H2,1-2H3,(H,17,20). The number of piperidine rings is 1. The second-order valence-corrected chi connectivity index (χ2v) is 8.47. The number of nitrogens with one attached hydrogen (secondary N) is 1. The van der Waals surface area contributed by atoms with Crippen LogP contribution in [0.3, 0.4) is 0 Å². The van der Waals surface area contributed by atoms with Crippen LogP contribution in [-0.2, 0) is 26.6 Å². The molecule has 1 saturated carbocycles. The predicted octanol–water partition coefficient (Wildman–Crippen LogP) is 0.114. The molecule has 1 aromatic rings. The Morgan fingerprint density at radius 3 is 2.50 bits per heavy atom. The van der Waals surface area contributed by atoms with E-state index in [0.29, 0.717) is 31.8 Å². The molecule has 1 unspecified atom stereocenters. The van der Waals surface area contributed by atoms with Gasteiger partial charge in [0.25, 0.3) is 0 Å². The quantitative estimate of drug-likeness (QED) is 0.781. The van der Waals surface area contributed by atoms with Gasteiger partial charge in [0, 0.05) is 39.5 Å². The fourth-order valence-corrected chi connectivity index (χ4v) is 4.57. The summed E-state index contributed by atoms with van der Waals surface area (Å²) in [5, 5.41) is 6.93. The highest BCUT2D eigenvalue weighted by Gasteiger charge is 2.38. The largest absolute Gasteiger partial charge is 0.371 e. The first-order chi connectivity index (χ1) is 11.4. The van der Waals surface area contributed by atoms with Crippen molar-refractivity contribution in [3.8, 4) is 0 Å². The molecule has 0 aromatic carbocycles. The van der Waals surface area contributed by atoms with E-state index in [1.165, 1.54) is 21.4 Å². The Hall–Kier alpha value is -1.45. The van der Waals surface area contributed by atoms with E-state index in [4.69, 9.17) is 4.74 Å². The number of amides is 1. The highest BCUT2D eigenvalue weighted by atomic mass is 32.2. The fraction of sp³-hybridized carbons (Fsp3) is 0.733. The number of carbonyl (C=O) groups excluding carboxylic acids is 1. The molecule has 1 aliphatic heterocycles. The lowest BCUT2D eigenvalue weighted by Crippen LogP contribution is -2.49. The number of nitrogens with zero attached hydrogens (tertiary/aromatic N) is 3. The van der Waals surface area contributed by atoms with Gasteiger partial charge >= 0.3 is 0 Å². The van der Waals surface area contributed by atoms with E-state index in [2.05, 4.69) is 10.4 Å². The van der Waals surface area contributed by atoms with Crippen molar-refractivity contribution in [3.05, 3.63) is 12.4 Å². The second-order valence-electron chi connectivity index (χ2n) is 6.53. The first kappa shape index (κ1) is 17.4. The van der Waals surface area contributed by atoms with Gasteiger partial charge in [-0.15, -0.1) is 0 Å². The second kappa shape index (κ2) is 6.81. The molecule has 0 spiro atoms. The van der Waals surface area contributed by atoms with E-state index in [-0.39, 0.29) is 22.9 Å².